The minimum absolute atomic E-state index is 0.0963. The zero-order valence-corrected chi connectivity index (χ0v) is 11.2. The fraction of sp³-hybridized carbons (Fsp3) is 0.182. The monoisotopic (exact) mass is 295 g/mol. The summed E-state index contributed by atoms with van der Waals surface area (Å²) in [6.45, 7) is 0.270. The molecule has 0 saturated carbocycles. The lowest BCUT2D eigenvalue weighted by Crippen LogP contribution is -2.26. The third kappa shape index (κ3) is 2.75. The summed E-state index contributed by atoms with van der Waals surface area (Å²) in [6.07, 6.45) is 4.46. The Balaban J connectivity index is 2.29. The van der Waals surface area contributed by atoms with Crippen molar-refractivity contribution in [2.75, 3.05) is 7.05 Å². The molecule has 0 saturated heterocycles. The number of nitrogens with one attached hydrogen (secondary N) is 1. The summed E-state index contributed by atoms with van der Waals surface area (Å²) in [5.74, 6) is -0.512. The minimum Gasteiger partial charge on any atom is -0.337 e. The summed E-state index contributed by atoms with van der Waals surface area (Å²) < 4.78 is 0. The van der Waals surface area contributed by atoms with Gasteiger partial charge >= 0.3 is 5.69 Å². The Morgan fingerprint density at radius 1 is 1.60 bits per heavy atom. The topological polar surface area (TPSA) is 105 Å². The Bertz CT molecular complexity index is 644. The normalized spacial score (nSPS) is 10.3. The fourth-order valence-electron chi connectivity index (χ4n) is 1.69. The quantitative estimate of drug-likeness (QED) is 0.524. The molecular weight excluding hydrogens is 286 g/mol. The Morgan fingerprint density at radius 2 is 2.35 bits per heavy atom. The number of nitro groups is 1. The van der Waals surface area contributed by atoms with Gasteiger partial charge in [-0.25, -0.2) is 4.98 Å². The van der Waals surface area contributed by atoms with Crippen LogP contribution in [0.4, 0.5) is 5.69 Å². The predicted octanol–water partition coefficient (Wildman–Crippen LogP) is 1.64. The van der Waals surface area contributed by atoms with E-state index in [0.717, 1.165) is 5.56 Å². The molecule has 1 amide bonds. The van der Waals surface area contributed by atoms with Crippen molar-refractivity contribution < 1.29 is 9.72 Å². The third-order valence-corrected chi connectivity index (χ3v) is 2.89. The largest absolute Gasteiger partial charge is 0.337 e. The molecule has 0 atom stereocenters. The first-order valence-electron chi connectivity index (χ1n) is 5.52. The number of aromatic nitrogens is 3. The van der Waals surface area contributed by atoms with E-state index < -0.39 is 16.5 Å². The lowest BCUT2D eigenvalue weighted by molar-refractivity contribution is -0.385. The van der Waals surface area contributed by atoms with Crippen molar-refractivity contribution in [3.8, 4) is 0 Å². The van der Waals surface area contributed by atoms with Gasteiger partial charge in [-0.3, -0.25) is 20.0 Å². The van der Waals surface area contributed by atoms with Gasteiger partial charge in [0.25, 0.3) is 5.91 Å². The number of amides is 1. The molecule has 2 aromatic heterocycles. The molecule has 104 valence electrons. The number of nitrogens with zero attached hydrogens (tertiary/aromatic N) is 4. The van der Waals surface area contributed by atoms with E-state index in [-0.39, 0.29) is 17.3 Å². The maximum absolute atomic E-state index is 12.3. The maximum atomic E-state index is 12.3. The Morgan fingerprint density at radius 3 is 2.95 bits per heavy atom. The molecule has 2 rings (SSSR count). The highest BCUT2D eigenvalue weighted by molar-refractivity contribution is 6.32. The molecular formula is C11H10ClN5O3. The van der Waals surface area contributed by atoms with Gasteiger partial charge in [0.2, 0.25) is 5.15 Å². The van der Waals surface area contributed by atoms with Crippen LogP contribution in [0.25, 0.3) is 0 Å². The van der Waals surface area contributed by atoms with Gasteiger partial charge in [-0.15, -0.1) is 0 Å². The van der Waals surface area contributed by atoms with Crippen molar-refractivity contribution in [2.24, 2.45) is 0 Å². The van der Waals surface area contributed by atoms with Crippen LogP contribution in [0.1, 0.15) is 15.9 Å². The van der Waals surface area contributed by atoms with Crippen molar-refractivity contribution in [1.29, 1.82) is 0 Å². The molecule has 0 aliphatic carbocycles. The van der Waals surface area contributed by atoms with Crippen LogP contribution in [0.15, 0.2) is 24.7 Å². The van der Waals surface area contributed by atoms with Gasteiger partial charge in [0, 0.05) is 31.5 Å². The smallest absolute Gasteiger partial charge is 0.319 e. The SMILES string of the molecule is CN(Cc1cn[nH]c1)C(=O)c1ccnc(Cl)c1[N+](=O)[O-]. The van der Waals surface area contributed by atoms with Gasteiger partial charge in [0.15, 0.2) is 0 Å². The number of carbonyl (C=O) groups is 1. The number of halogens is 1. The maximum Gasteiger partial charge on any atom is 0.319 e. The number of aromatic amines is 1. The molecule has 0 spiro atoms. The average Bonchev–Trinajstić information content (AvgIpc) is 2.89. The number of H-pyrrole nitrogens is 1. The summed E-state index contributed by atoms with van der Waals surface area (Å²) >= 11 is 5.68. The highest BCUT2D eigenvalue weighted by Gasteiger charge is 2.26. The van der Waals surface area contributed by atoms with Crippen LogP contribution in [0.2, 0.25) is 5.15 Å². The van der Waals surface area contributed by atoms with E-state index in [1.807, 2.05) is 0 Å². The Labute approximate surface area is 118 Å². The number of hydrogen-bond acceptors (Lipinski definition) is 5. The van der Waals surface area contributed by atoms with Gasteiger partial charge in [-0.1, -0.05) is 11.6 Å². The van der Waals surface area contributed by atoms with Crippen molar-refractivity contribution in [1.82, 2.24) is 20.1 Å². The molecule has 0 bridgehead atoms. The highest BCUT2D eigenvalue weighted by Crippen LogP contribution is 2.27. The van der Waals surface area contributed by atoms with Crippen molar-refractivity contribution in [2.45, 2.75) is 6.54 Å². The summed E-state index contributed by atoms with van der Waals surface area (Å²) in [5.41, 5.74) is 0.197. The Hall–Kier alpha value is -2.48. The van der Waals surface area contributed by atoms with Gasteiger partial charge in [-0.05, 0) is 6.07 Å². The molecule has 2 aromatic rings. The first kappa shape index (κ1) is 13.9. The van der Waals surface area contributed by atoms with E-state index in [1.165, 1.54) is 24.2 Å². The summed E-state index contributed by atoms with van der Waals surface area (Å²) in [7, 11) is 1.54. The molecule has 20 heavy (non-hydrogen) atoms. The molecule has 0 radical (unpaired) electrons. The number of carbonyl (C=O) groups excluding carboxylic acids is 1. The standard InChI is InChI=1S/C11H10ClN5O3/c1-16(6-7-4-14-15-5-7)11(18)8-2-3-13-10(12)9(8)17(19)20/h2-5H,6H2,1H3,(H,14,15). The van der Waals surface area contributed by atoms with Crippen LogP contribution in [-0.4, -0.2) is 38.0 Å². The van der Waals surface area contributed by atoms with Crippen LogP contribution in [-0.2, 0) is 6.54 Å². The van der Waals surface area contributed by atoms with E-state index in [1.54, 1.807) is 12.4 Å². The molecule has 9 heteroatoms. The fourth-order valence-corrected chi connectivity index (χ4v) is 1.92. The molecule has 1 N–H and O–H groups in total. The second kappa shape index (κ2) is 5.66. The van der Waals surface area contributed by atoms with Crippen LogP contribution >= 0.6 is 11.6 Å². The lowest BCUT2D eigenvalue weighted by Gasteiger charge is -2.16. The van der Waals surface area contributed by atoms with Gasteiger partial charge in [0.1, 0.15) is 5.56 Å². The summed E-state index contributed by atoms with van der Waals surface area (Å²) in [4.78, 5) is 27.5. The second-order valence-corrected chi connectivity index (χ2v) is 4.38. The molecule has 0 aliphatic heterocycles. The first-order valence-corrected chi connectivity index (χ1v) is 5.90. The summed E-state index contributed by atoms with van der Waals surface area (Å²) in [6, 6.07) is 1.28. The number of rotatable bonds is 4. The third-order valence-electron chi connectivity index (χ3n) is 2.61. The number of hydrogen-bond donors (Lipinski definition) is 1. The number of pyridine rings is 1. The average molecular weight is 296 g/mol. The molecule has 0 unspecified atom stereocenters. The van der Waals surface area contributed by atoms with Gasteiger partial charge in [-0.2, -0.15) is 5.10 Å². The van der Waals surface area contributed by atoms with Crippen LogP contribution in [0.5, 0.6) is 0 Å². The Kier molecular flexibility index (Phi) is 3.94. The van der Waals surface area contributed by atoms with Crippen LogP contribution in [0.3, 0.4) is 0 Å². The van der Waals surface area contributed by atoms with E-state index in [0.29, 0.717) is 0 Å². The van der Waals surface area contributed by atoms with E-state index in [2.05, 4.69) is 15.2 Å². The van der Waals surface area contributed by atoms with Crippen LogP contribution in [0, 0.1) is 10.1 Å². The van der Waals surface area contributed by atoms with Crippen molar-refractivity contribution in [3.63, 3.8) is 0 Å². The first-order chi connectivity index (χ1) is 9.50. The molecule has 2 heterocycles. The van der Waals surface area contributed by atoms with E-state index in [4.69, 9.17) is 11.6 Å². The lowest BCUT2D eigenvalue weighted by atomic mass is 10.2. The van der Waals surface area contributed by atoms with E-state index >= 15 is 0 Å². The highest BCUT2D eigenvalue weighted by atomic mass is 35.5. The molecule has 8 nitrogen and oxygen atoms in total. The molecule has 0 aromatic carbocycles. The predicted molar refractivity (Wildman–Crippen MR) is 70.3 cm³/mol. The molecule has 0 fully saturated rings. The van der Waals surface area contributed by atoms with Crippen molar-refractivity contribution >= 4 is 23.2 Å². The van der Waals surface area contributed by atoms with Crippen LogP contribution < -0.4 is 0 Å². The van der Waals surface area contributed by atoms with Gasteiger partial charge < -0.3 is 4.90 Å². The zero-order valence-electron chi connectivity index (χ0n) is 10.4. The summed E-state index contributed by atoms with van der Waals surface area (Å²) in [5, 5.41) is 17.1. The zero-order chi connectivity index (χ0) is 14.7. The van der Waals surface area contributed by atoms with Gasteiger partial charge in [0.05, 0.1) is 11.1 Å². The second-order valence-electron chi connectivity index (χ2n) is 4.02. The molecule has 0 aliphatic rings. The van der Waals surface area contributed by atoms with Crippen molar-refractivity contribution in [3.05, 3.63) is 51.1 Å². The minimum atomic E-state index is -0.714. The van der Waals surface area contributed by atoms with E-state index in [9.17, 15) is 14.9 Å².